The second kappa shape index (κ2) is 11.5. The molecular weight excluding hydrogens is 607 g/mol. The van der Waals surface area contributed by atoms with Gasteiger partial charge in [-0.3, -0.25) is 4.57 Å². The van der Waals surface area contributed by atoms with Gasteiger partial charge < -0.3 is 4.57 Å². The molecule has 0 aliphatic heterocycles. The Bertz CT molecular complexity index is 2830. The molecule has 0 radical (unpaired) electrons. The predicted octanol–water partition coefficient (Wildman–Crippen LogP) is 12.3. The zero-order valence-electron chi connectivity index (χ0n) is 27.2. The molecular formula is C47H31N3. The van der Waals surface area contributed by atoms with Crippen LogP contribution in [-0.2, 0) is 0 Å². The molecule has 0 saturated carbocycles. The topological polar surface area (TPSA) is 22.8 Å². The maximum absolute atomic E-state index is 4.87. The zero-order chi connectivity index (χ0) is 33.0. The fourth-order valence-electron chi connectivity index (χ4n) is 7.58. The van der Waals surface area contributed by atoms with Crippen molar-refractivity contribution in [2.24, 2.45) is 0 Å². The van der Waals surface area contributed by atoms with E-state index in [0.717, 1.165) is 27.9 Å². The lowest BCUT2D eigenvalue weighted by Gasteiger charge is -2.11. The molecule has 10 rings (SSSR count). The number of benzene rings is 7. The molecule has 0 amide bonds. The molecule has 0 spiro atoms. The van der Waals surface area contributed by atoms with E-state index in [9.17, 15) is 0 Å². The lowest BCUT2D eigenvalue weighted by Crippen LogP contribution is -1.95. The van der Waals surface area contributed by atoms with Gasteiger partial charge in [0.05, 0.1) is 16.6 Å². The smallest absolute Gasteiger partial charge is 0.145 e. The molecule has 0 bridgehead atoms. The molecule has 3 heteroatoms. The highest BCUT2D eigenvalue weighted by atomic mass is 15.0. The van der Waals surface area contributed by atoms with Crippen LogP contribution in [0.4, 0.5) is 0 Å². The van der Waals surface area contributed by atoms with E-state index >= 15 is 0 Å². The highest BCUT2D eigenvalue weighted by Gasteiger charge is 2.17. The molecule has 3 aromatic heterocycles. The van der Waals surface area contributed by atoms with E-state index in [2.05, 4.69) is 185 Å². The monoisotopic (exact) mass is 637 g/mol. The van der Waals surface area contributed by atoms with Gasteiger partial charge in [0.15, 0.2) is 0 Å². The van der Waals surface area contributed by atoms with Crippen LogP contribution in [0.2, 0.25) is 0 Å². The van der Waals surface area contributed by atoms with Gasteiger partial charge in [0.1, 0.15) is 5.65 Å². The van der Waals surface area contributed by atoms with Crippen molar-refractivity contribution in [3.63, 3.8) is 0 Å². The van der Waals surface area contributed by atoms with Crippen LogP contribution in [0.25, 0.3) is 88.5 Å². The molecule has 0 unspecified atom stereocenters. The van der Waals surface area contributed by atoms with Crippen LogP contribution < -0.4 is 0 Å². The Morgan fingerprint density at radius 3 is 1.50 bits per heavy atom. The summed E-state index contributed by atoms with van der Waals surface area (Å²) in [5.41, 5.74) is 14.0. The van der Waals surface area contributed by atoms with E-state index in [1.807, 2.05) is 12.3 Å². The summed E-state index contributed by atoms with van der Waals surface area (Å²) in [7, 11) is 0. The zero-order valence-corrected chi connectivity index (χ0v) is 27.2. The molecule has 0 atom stereocenters. The summed E-state index contributed by atoms with van der Waals surface area (Å²) >= 11 is 0. The lowest BCUT2D eigenvalue weighted by atomic mass is 10.0. The standard InChI is InChI=1S/C47H31N3/c1-3-10-32(11-4-1)34-17-23-38(24-18-34)49-44-16-8-7-14-40(44)43-30-36(22-28-45(43)49)37-21-27-41-42-15-9-29-48-47(42)50(46(41)31-37)39-25-19-35(20-26-39)33-12-5-2-6-13-33/h1-31H. The van der Waals surface area contributed by atoms with Crippen molar-refractivity contribution in [1.29, 1.82) is 0 Å². The summed E-state index contributed by atoms with van der Waals surface area (Å²) in [6, 6.07) is 65.4. The molecule has 7 aromatic carbocycles. The summed E-state index contributed by atoms with van der Waals surface area (Å²) in [5.74, 6) is 0. The minimum Gasteiger partial charge on any atom is -0.309 e. The van der Waals surface area contributed by atoms with Gasteiger partial charge in [0.25, 0.3) is 0 Å². The van der Waals surface area contributed by atoms with Crippen LogP contribution in [0.3, 0.4) is 0 Å². The van der Waals surface area contributed by atoms with Crippen molar-refractivity contribution in [3.05, 3.63) is 188 Å². The third-order valence-electron chi connectivity index (χ3n) is 10.00. The SMILES string of the molecule is c1ccc(-c2ccc(-n3c4ccccc4c4cc(-c5ccc6c7cccnc7n(-c7ccc(-c8ccccc8)cc7)c6c5)ccc43)cc2)cc1. The molecule has 0 saturated heterocycles. The van der Waals surface area contributed by atoms with E-state index < -0.39 is 0 Å². The van der Waals surface area contributed by atoms with Crippen LogP contribution >= 0.6 is 0 Å². The lowest BCUT2D eigenvalue weighted by molar-refractivity contribution is 1.14. The first kappa shape index (κ1) is 28.3. The number of pyridine rings is 1. The van der Waals surface area contributed by atoms with Crippen LogP contribution in [-0.4, -0.2) is 14.1 Å². The van der Waals surface area contributed by atoms with Crippen LogP contribution in [0, 0.1) is 0 Å². The summed E-state index contributed by atoms with van der Waals surface area (Å²) in [6.45, 7) is 0. The summed E-state index contributed by atoms with van der Waals surface area (Å²) in [4.78, 5) is 4.87. The molecule has 0 aliphatic carbocycles. The second-order valence-corrected chi connectivity index (χ2v) is 12.9. The van der Waals surface area contributed by atoms with Gasteiger partial charge in [-0.05, 0) is 94.0 Å². The molecule has 50 heavy (non-hydrogen) atoms. The quantitative estimate of drug-likeness (QED) is 0.184. The Morgan fingerprint density at radius 1 is 0.300 bits per heavy atom. The van der Waals surface area contributed by atoms with Crippen LogP contribution in [0.5, 0.6) is 0 Å². The van der Waals surface area contributed by atoms with E-state index in [4.69, 9.17) is 4.98 Å². The Labute approximate surface area is 290 Å². The first-order chi connectivity index (χ1) is 24.8. The Kier molecular flexibility index (Phi) is 6.49. The number of rotatable bonds is 5. The maximum atomic E-state index is 4.87. The highest BCUT2D eigenvalue weighted by molar-refractivity contribution is 6.12. The van der Waals surface area contributed by atoms with Crippen molar-refractivity contribution < 1.29 is 0 Å². The van der Waals surface area contributed by atoms with Crippen molar-refractivity contribution >= 4 is 43.7 Å². The average Bonchev–Trinajstić information content (AvgIpc) is 3.71. The summed E-state index contributed by atoms with van der Waals surface area (Å²) < 4.78 is 4.68. The molecule has 3 heterocycles. The number of hydrogen-bond acceptors (Lipinski definition) is 1. The van der Waals surface area contributed by atoms with Gasteiger partial charge in [-0.25, -0.2) is 4.98 Å². The number of aromatic nitrogens is 3. The van der Waals surface area contributed by atoms with Gasteiger partial charge in [-0.2, -0.15) is 0 Å². The van der Waals surface area contributed by atoms with Gasteiger partial charge in [-0.15, -0.1) is 0 Å². The number of fused-ring (bicyclic) bond motifs is 6. The van der Waals surface area contributed by atoms with E-state index in [1.54, 1.807) is 0 Å². The minimum atomic E-state index is 0.962. The van der Waals surface area contributed by atoms with Gasteiger partial charge in [-0.1, -0.05) is 121 Å². The summed E-state index contributed by atoms with van der Waals surface area (Å²) in [5, 5.41) is 4.83. The number of para-hydroxylation sites is 1. The molecule has 0 fully saturated rings. The molecule has 234 valence electrons. The van der Waals surface area contributed by atoms with Crippen molar-refractivity contribution in [2.75, 3.05) is 0 Å². The third kappa shape index (κ3) is 4.56. The normalized spacial score (nSPS) is 11.6. The van der Waals surface area contributed by atoms with Crippen molar-refractivity contribution in [1.82, 2.24) is 14.1 Å². The van der Waals surface area contributed by atoms with E-state index in [1.165, 1.54) is 60.6 Å². The average molecular weight is 638 g/mol. The second-order valence-electron chi connectivity index (χ2n) is 12.9. The van der Waals surface area contributed by atoms with Crippen molar-refractivity contribution in [3.8, 4) is 44.8 Å². The van der Waals surface area contributed by atoms with Gasteiger partial charge >= 0.3 is 0 Å². The molecule has 3 nitrogen and oxygen atoms in total. The third-order valence-corrected chi connectivity index (χ3v) is 10.00. The Balaban J connectivity index is 1.10. The predicted molar refractivity (Wildman–Crippen MR) is 209 cm³/mol. The largest absolute Gasteiger partial charge is 0.309 e. The molecule has 10 aromatic rings. The van der Waals surface area contributed by atoms with Crippen molar-refractivity contribution in [2.45, 2.75) is 0 Å². The molecule has 0 aliphatic rings. The molecule has 0 N–H and O–H groups in total. The summed E-state index contributed by atoms with van der Waals surface area (Å²) in [6.07, 6.45) is 1.88. The Morgan fingerprint density at radius 2 is 0.800 bits per heavy atom. The highest BCUT2D eigenvalue weighted by Crippen LogP contribution is 2.38. The van der Waals surface area contributed by atoms with E-state index in [0.29, 0.717) is 0 Å². The fourth-order valence-corrected chi connectivity index (χ4v) is 7.58. The van der Waals surface area contributed by atoms with Gasteiger partial charge in [0, 0.05) is 39.1 Å². The number of hydrogen-bond donors (Lipinski definition) is 0. The Hall–Kier alpha value is -6.71. The van der Waals surface area contributed by atoms with Crippen LogP contribution in [0.1, 0.15) is 0 Å². The number of nitrogens with zero attached hydrogens (tertiary/aromatic N) is 3. The van der Waals surface area contributed by atoms with Gasteiger partial charge in [0.2, 0.25) is 0 Å². The van der Waals surface area contributed by atoms with E-state index in [-0.39, 0.29) is 0 Å². The minimum absolute atomic E-state index is 0.962. The first-order valence-corrected chi connectivity index (χ1v) is 17.0. The first-order valence-electron chi connectivity index (χ1n) is 17.0. The maximum Gasteiger partial charge on any atom is 0.145 e. The van der Waals surface area contributed by atoms with Crippen LogP contribution in [0.15, 0.2) is 188 Å². The fraction of sp³-hybridized carbons (Fsp3) is 0.